The number of carbonyl (C=O) groups excluding carboxylic acids is 1. The summed E-state index contributed by atoms with van der Waals surface area (Å²) in [5, 5.41) is 3.26. The molecule has 4 rings (SSSR count). The van der Waals surface area contributed by atoms with E-state index in [1.165, 1.54) is 48.2 Å². The average Bonchev–Trinajstić information content (AvgIpc) is 3.23. The van der Waals surface area contributed by atoms with E-state index in [4.69, 9.17) is 0 Å². The molecule has 1 aliphatic carbocycles. The summed E-state index contributed by atoms with van der Waals surface area (Å²) in [6.07, 6.45) is 5.86. The average molecular weight is 378 g/mol. The van der Waals surface area contributed by atoms with Gasteiger partial charge in [0.15, 0.2) is 0 Å². The van der Waals surface area contributed by atoms with E-state index in [-0.39, 0.29) is 12.1 Å². The van der Waals surface area contributed by atoms with Gasteiger partial charge in [0, 0.05) is 20.1 Å². The Hall–Kier alpha value is -2.33. The van der Waals surface area contributed by atoms with Crippen LogP contribution >= 0.6 is 0 Å². The molecule has 1 unspecified atom stereocenters. The van der Waals surface area contributed by atoms with Crippen LogP contribution in [0, 0.1) is 0 Å². The number of hydrogen-bond acceptors (Lipinski definition) is 2. The molecule has 1 N–H and O–H groups in total. The van der Waals surface area contributed by atoms with Gasteiger partial charge in [0.05, 0.1) is 6.04 Å². The summed E-state index contributed by atoms with van der Waals surface area (Å²) in [6.45, 7) is 4.00. The Bertz CT molecular complexity index is 813. The van der Waals surface area contributed by atoms with Gasteiger partial charge in [0.25, 0.3) is 0 Å². The first-order valence-electron chi connectivity index (χ1n) is 10.6. The molecule has 148 valence electrons. The molecule has 1 aliphatic heterocycles. The van der Waals surface area contributed by atoms with Crippen LogP contribution in [0.4, 0.5) is 4.79 Å². The van der Waals surface area contributed by atoms with E-state index in [0.29, 0.717) is 6.54 Å². The summed E-state index contributed by atoms with van der Waals surface area (Å²) in [5.74, 6) is 0. The van der Waals surface area contributed by atoms with Crippen LogP contribution in [0.3, 0.4) is 0 Å². The fraction of sp³-hybridized carbons (Fsp3) is 0.458. The molecule has 0 bridgehead atoms. The van der Waals surface area contributed by atoms with Crippen molar-refractivity contribution >= 4 is 6.03 Å². The van der Waals surface area contributed by atoms with Crippen LogP contribution in [0.25, 0.3) is 0 Å². The molecule has 0 spiro atoms. The van der Waals surface area contributed by atoms with Crippen LogP contribution in [0.15, 0.2) is 48.5 Å². The second-order valence-electron chi connectivity index (χ2n) is 8.20. The molecule has 4 heteroatoms. The lowest BCUT2D eigenvalue weighted by Gasteiger charge is -2.29. The molecule has 2 aromatic carbocycles. The van der Waals surface area contributed by atoms with Crippen molar-refractivity contribution in [3.63, 3.8) is 0 Å². The van der Waals surface area contributed by atoms with E-state index >= 15 is 0 Å². The van der Waals surface area contributed by atoms with Crippen LogP contribution in [0.2, 0.25) is 0 Å². The molecule has 0 radical (unpaired) electrons. The number of fused-ring (bicyclic) bond motifs is 1. The van der Waals surface area contributed by atoms with Gasteiger partial charge in [-0.05, 0) is 67.4 Å². The number of amides is 2. The number of likely N-dealkylation sites (tertiary alicyclic amines) is 1. The third-order valence-electron chi connectivity index (χ3n) is 6.13. The van der Waals surface area contributed by atoms with Gasteiger partial charge in [-0.3, -0.25) is 4.90 Å². The van der Waals surface area contributed by atoms with Crippen molar-refractivity contribution in [3.05, 3.63) is 70.8 Å². The Balaban J connectivity index is 1.40. The lowest BCUT2D eigenvalue weighted by molar-refractivity contribution is 0.201. The van der Waals surface area contributed by atoms with Crippen molar-refractivity contribution in [3.8, 4) is 0 Å². The zero-order valence-corrected chi connectivity index (χ0v) is 16.9. The Morgan fingerprint density at radius 1 is 1.04 bits per heavy atom. The summed E-state index contributed by atoms with van der Waals surface area (Å²) in [7, 11) is 1.90. The SMILES string of the molecule is CN(Cc1ccccc1CN1CCCC1)C(=O)NC1CCCc2ccccc21. The Morgan fingerprint density at radius 2 is 1.75 bits per heavy atom. The Kier molecular flexibility index (Phi) is 5.96. The number of hydrogen-bond donors (Lipinski definition) is 1. The van der Waals surface area contributed by atoms with Crippen molar-refractivity contribution in [1.82, 2.24) is 15.1 Å². The molecule has 1 saturated heterocycles. The molecule has 2 aliphatic rings. The monoisotopic (exact) mass is 377 g/mol. The van der Waals surface area contributed by atoms with Gasteiger partial charge >= 0.3 is 6.03 Å². The van der Waals surface area contributed by atoms with Gasteiger partial charge in [-0.2, -0.15) is 0 Å². The van der Waals surface area contributed by atoms with Crippen LogP contribution in [0.5, 0.6) is 0 Å². The lowest BCUT2D eigenvalue weighted by Crippen LogP contribution is -2.40. The first-order valence-corrected chi connectivity index (χ1v) is 10.6. The predicted molar refractivity (Wildman–Crippen MR) is 113 cm³/mol. The van der Waals surface area contributed by atoms with E-state index in [2.05, 4.69) is 58.7 Å². The molecule has 28 heavy (non-hydrogen) atoms. The fourth-order valence-electron chi connectivity index (χ4n) is 4.54. The predicted octanol–water partition coefficient (Wildman–Crippen LogP) is 4.50. The number of carbonyl (C=O) groups is 1. The highest BCUT2D eigenvalue weighted by Crippen LogP contribution is 2.29. The molecule has 2 aromatic rings. The minimum atomic E-state index is 0.0117. The zero-order chi connectivity index (χ0) is 19.3. The molecule has 0 saturated carbocycles. The zero-order valence-electron chi connectivity index (χ0n) is 16.9. The largest absolute Gasteiger partial charge is 0.331 e. The molecule has 1 atom stereocenters. The molecular weight excluding hydrogens is 346 g/mol. The number of aryl methyl sites for hydroxylation is 1. The fourth-order valence-corrected chi connectivity index (χ4v) is 4.54. The van der Waals surface area contributed by atoms with Crippen LogP contribution in [0.1, 0.15) is 54.0 Å². The highest BCUT2D eigenvalue weighted by atomic mass is 16.2. The second kappa shape index (κ2) is 8.78. The quantitative estimate of drug-likeness (QED) is 0.833. The summed E-state index contributed by atoms with van der Waals surface area (Å²) in [6, 6.07) is 17.2. The Morgan fingerprint density at radius 3 is 2.57 bits per heavy atom. The maximum atomic E-state index is 12.9. The first kappa shape index (κ1) is 19.0. The highest BCUT2D eigenvalue weighted by molar-refractivity contribution is 5.74. The number of benzene rings is 2. The molecule has 0 aromatic heterocycles. The minimum Gasteiger partial charge on any atom is -0.331 e. The van der Waals surface area contributed by atoms with E-state index in [0.717, 1.165) is 25.8 Å². The summed E-state index contributed by atoms with van der Waals surface area (Å²) < 4.78 is 0. The third kappa shape index (κ3) is 4.39. The maximum absolute atomic E-state index is 12.9. The maximum Gasteiger partial charge on any atom is 0.317 e. The van der Waals surface area contributed by atoms with Crippen LogP contribution < -0.4 is 5.32 Å². The highest BCUT2D eigenvalue weighted by Gasteiger charge is 2.23. The number of urea groups is 1. The molecular formula is C24H31N3O. The van der Waals surface area contributed by atoms with Crippen LogP contribution in [-0.2, 0) is 19.5 Å². The van der Waals surface area contributed by atoms with E-state index < -0.39 is 0 Å². The first-order chi connectivity index (χ1) is 13.7. The third-order valence-corrected chi connectivity index (χ3v) is 6.13. The van der Waals surface area contributed by atoms with Crippen LogP contribution in [-0.4, -0.2) is 36.0 Å². The van der Waals surface area contributed by atoms with E-state index in [9.17, 15) is 4.79 Å². The van der Waals surface area contributed by atoms with Gasteiger partial charge < -0.3 is 10.2 Å². The molecule has 2 amide bonds. The van der Waals surface area contributed by atoms with E-state index in [1.807, 2.05) is 11.9 Å². The van der Waals surface area contributed by atoms with Crippen molar-refractivity contribution in [1.29, 1.82) is 0 Å². The summed E-state index contributed by atoms with van der Waals surface area (Å²) in [4.78, 5) is 17.2. The molecule has 4 nitrogen and oxygen atoms in total. The normalized spacial score (nSPS) is 19.2. The summed E-state index contributed by atoms with van der Waals surface area (Å²) in [5.41, 5.74) is 5.24. The van der Waals surface area contributed by atoms with Gasteiger partial charge in [0.2, 0.25) is 0 Å². The van der Waals surface area contributed by atoms with Crippen molar-refractivity contribution in [2.24, 2.45) is 0 Å². The van der Waals surface area contributed by atoms with Gasteiger partial charge in [-0.1, -0.05) is 48.5 Å². The van der Waals surface area contributed by atoms with E-state index in [1.54, 1.807) is 0 Å². The number of nitrogens with zero attached hydrogens (tertiary/aromatic N) is 2. The second-order valence-corrected chi connectivity index (χ2v) is 8.20. The van der Waals surface area contributed by atoms with Crippen molar-refractivity contribution in [2.75, 3.05) is 20.1 Å². The number of rotatable bonds is 5. The smallest absolute Gasteiger partial charge is 0.317 e. The van der Waals surface area contributed by atoms with Gasteiger partial charge in [-0.15, -0.1) is 0 Å². The summed E-state index contributed by atoms with van der Waals surface area (Å²) >= 11 is 0. The molecule has 1 heterocycles. The topological polar surface area (TPSA) is 35.6 Å². The van der Waals surface area contributed by atoms with Gasteiger partial charge in [-0.25, -0.2) is 4.79 Å². The van der Waals surface area contributed by atoms with Gasteiger partial charge in [0.1, 0.15) is 0 Å². The standard InChI is InChI=1S/C24H31N3O/c1-26(17-20-10-2-3-11-21(20)18-27-15-6-7-16-27)24(28)25-23-14-8-12-19-9-4-5-13-22(19)23/h2-5,9-11,13,23H,6-8,12,14-18H2,1H3,(H,25,28). The van der Waals surface area contributed by atoms with Crippen molar-refractivity contribution < 1.29 is 4.79 Å². The minimum absolute atomic E-state index is 0.0117. The Labute approximate surface area is 168 Å². The molecule has 1 fully saturated rings. The number of nitrogens with one attached hydrogen (secondary N) is 1. The van der Waals surface area contributed by atoms with Crippen molar-refractivity contribution in [2.45, 2.75) is 51.2 Å². The lowest BCUT2D eigenvalue weighted by atomic mass is 9.88.